The van der Waals surface area contributed by atoms with Gasteiger partial charge in [0.2, 0.25) is 0 Å². The van der Waals surface area contributed by atoms with Gasteiger partial charge in [0, 0.05) is 30.8 Å². The van der Waals surface area contributed by atoms with Crippen molar-refractivity contribution in [2.24, 2.45) is 11.8 Å². The van der Waals surface area contributed by atoms with E-state index in [9.17, 15) is 4.79 Å². The van der Waals surface area contributed by atoms with E-state index in [1.54, 1.807) is 0 Å². The highest BCUT2D eigenvalue weighted by atomic mass is 16.4. The summed E-state index contributed by atoms with van der Waals surface area (Å²) in [7, 11) is 0. The van der Waals surface area contributed by atoms with Crippen molar-refractivity contribution in [3.63, 3.8) is 0 Å². The first-order valence-corrected chi connectivity index (χ1v) is 6.92. The Kier molecular flexibility index (Phi) is 5.96. The summed E-state index contributed by atoms with van der Waals surface area (Å²) in [4.78, 5) is 13.2. The molecule has 0 aliphatic carbocycles. The Labute approximate surface area is 110 Å². The van der Waals surface area contributed by atoms with Crippen LogP contribution in [-0.4, -0.2) is 29.1 Å². The Morgan fingerprint density at radius 3 is 2.44 bits per heavy atom. The minimum Gasteiger partial charge on any atom is -0.478 e. The number of rotatable bonds is 6. The summed E-state index contributed by atoms with van der Waals surface area (Å²) in [5, 5.41) is 9.03. The van der Waals surface area contributed by atoms with Crippen molar-refractivity contribution in [2.45, 2.75) is 40.0 Å². The smallest absolute Gasteiger partial charge is 0.330 e. The summed E-state index contributed by atoms with van der Waals surface area (Å²) in [5.41, 5.74) is 0.980. The average molecular weight is 251 g/mol. The van der Waals surface area contributed by atoms with Gasteiger partial charge in [0.15, 0.2) is 0 Å². The van der Waals surface area contributed by atoms with Gasteiger partial charge >= 0.3 is 5.97 Å². The van der Waals surface area contributed by atoms with E-state index < -0.39 is 5.97 Å². The van der Waals surface area contributed by atoms with Gasteiger partial charge in [-0.25, -0.2) is 4.79 Å². The first kappa shape index (κ1) is 14.8. The van der Waals surface area contributed by atoms with Crippen molar-refractivity contribution in [2.75, 3.05) is 13.1 Å². The summed E-state index contributed by atoms with van der Waals surface area (Å²) in [5.74, 6) is -0.214. The van der Waals surface area contributed by atoms with Crippen LogP contribution < -0.4 is 0 Å². The summed E-state index contributed by atoms with van der Waals surface area (Å²) in [6.07, 6.45) is 9.11. The lowest BCUT2D eigenvalue weighted by atomic mass is 9.91. The van der Waals surface area contributed by atoms with Crippen LogP contribution in [0.2, 0.25) is 0 Å². The minimum atomic E-state index is -0.838. The zero-order valence-electron chi connectivity index (χ0n) is 11.7. The van der Waals surface area contributed by atoms with Crippen molar-refractivity contribution in [1.82, 2.24) is 4.90 Å². The quantitative estimate of drug-likeness (QED) is 0.581. The van der Waals surface area contributed by atoms with Gasteiger partial charge < -0.3 is 10.0 Å². The second kappa shape index (κ2) is 7.24. The molecule has 1 saturated heterocycles. The molecular formula is C15H25NO2. The van der Waals surface area contributed by atoms with Gasteiger partial charge in [-0.2, -0.15) is 0 Å². The maximum absolute atomic E-state index is 11.0. The van der Waals surface area contributed by atoms with E-state index in [4.69, 9.17) is 5.11 Å². The van der Waals surface area contributed by atoms with Gasteiger partial charge in [-0.15, -0.1) is 0 Å². The molecule has 1 fully saturated rings. The lowest BCUT2D eigenvalue weighted by Gasteiger charge is -2.29. The summed E-state index contributed by atoms with van der Waals surface area (Å²) in [6, 6.07) is 0. The molecule has 1 heterocycles. The molecule has 0 aromatic carbocycles. The fourth-order valence-corrected chi connectivity index (χ4v) is 2.40. The Bertz CT molecular complexity index is 327. The van der Waals surface area contributed by atoms with Crippen molar-refractivity contribution >= 4 is 5.97 Å². The van der Waals surface area contributed by atoms with Crippen LogP contribution >= 0.6 is 0 Å². The number of hydrogen-bond donors (Lipinski definition) is 1. The van der Waals surface area contributed by atoms with Gasteiger partial charge in [0.1, 0.15) is 0 Å². The molecule has 0 amide bonds. The van der Waals surface area contributed by atoms with E-state index in [2.05, 4.69) is 37.8 Å². The van der Waals surface area contributed by atoms with E-state index in [-0.39, 0.29) is 5.92 Å². The van der Waals surface area contributed by atoms with Crippen molar-refractivity contribution in [1.29, 1.82) is 0 Å². The van der Waals surface area contributed by atoms with Crippen LogP contribution in [0.5, 0.6) is 0 Å². The largest absolute Gasteiger partial charge is 0.478 e. The molecule has 102 valence electrons. The predicted octanol–water partition coefficient (Wildman–Crippen LogP) is 3.29. The highest BCUT2D eigenvalue weighted by Gasteiger charge is 2.23. The van der Waals surface area contributed by atoms with Crippen molar-refractivity contribution < 1.29 is 9.90 Å². The SMILES string of the molecule is CC/C=C/[C@H](C)[C@H](C)/C(=C/C(=O)O)N1CCCC1. The van der Waals surface area contributed by atoms with E-state index in [1.807, 2.05) is 0 Å². The van der Waals surface area contributed by atoms with Gasteiger partial charge in [-0.05, 0) is 25.2 Å². The first-order valence-electron chi connectivity index (χ1n) is 6.92. The van der Waals surface area contributed by atoms with Crippen LogP contribution in [0.3, 0.4) is 0 Å². The fraction of sp³-hybridized carbons (Fsp3) is 0.667. The Morgan fingerprint density at radius 2 is 1.94 bits per heavy atom. The van der Waals surface area contributed by atoms with Crippen LogP contribution in [0.15, 0.2) is 23.9 Å². The van der Waals surface area contributed by atoms with Gasteiger partial charge in [-0.3, -0.25) is 0 Å². The van der Waals surface area contributed by atoms with Crippen LogP contribution in [-0.2, 0) is 4.79 Å². The molecule has 1 aliphatic rings. The summed E-state index contributed by atoms with van der Waals surface area (Å²) >= 11 is 0. The Hall–Kier alpha value is -1.25. The molecule has 1 aliphatic heterocycles. The monoisotopic (exact) mass is 251 g/mol. The Balaban J connectivity index is 2.81. The van der Waals surface area contributed by atoms with Gasteiger partial charge in [0.25, 0.3) is 0 Å². The predicted molar refractivity (Wildman–Crippen MR) is 74.3 cm³/mol. The second-order valence-electron chi connectivity index (χ2n) is 5.09. The highest BCUT2D eigenvalue weighted by molar-refractivity contribution is 5.80. The standard InChI is InChI=1S/C15H25NO2/c1-4-5-8-12(2)13(3)14(11-15(17)18)16-9-6-7-10-16/h5,8,11-13H,4,6-7,9-10H2,1-3H3,(H,17,18)/b8-5+,14-11-/t12-,13-/m0/s1. The molecular weight excluding hydrogens is 226 g/mol. The van der Waals surface area contributed by atoms with Crippen LogP contribution in [0.1, 0.15) is 40.0 Å². The molecule has 3 heteroatoms. The van der Waals surface area contributed by atoms with Crippen molar-refractivity contribution in [3.8, 4) is 0 Å². The highest BCUT2D eigenvalue weighted by Crippen LogP contribution is 2.27. The lowest BCUT2D eigenvalue weighted by molar-refractivity contribution is -0.131. The number of carboxylic acid groups (broad SMARTS) is 1. The third-order valence-corrected chi connectivity index (χ3v) is 3.67. The molecule has 1 N–H and O–H groups in total. The van der Waals surface area contributed by atoms with E-state index in [0.29, 0.717) is 5.92 Å². The maximum Gasteiger partial charge on any atom is 0.330 e. The van der Waals surface area contributed by atoms with Crippen LogP contribution in [0.25, 0.3) is 0 Å². The molecule has 1 rings (SSSR count). The molecule has 2 atom stereocenters. The number of hydrogen-bond acceptors (Lipinski definition) is 2. The number of likely N-dealkylation sites (tertiary alicyclic amines) is 1. The van der Waals surface area contributed by atoms with E-state index in [0.717, 1.165) is 25.2 Å². The molecule has 18 heavy (non-hydrogen) atoms. The summed E-state index contributed by atoms with van der Waals surface area (Å²) in [6.45, 7) is 8.38. The second-order valence-corrected chi connectivity index (χ2v) is 5.09. The number of carbonyl (C=O) groups is 1. The minimum absolute atomic E-state index is 0.252. The molecule has 0 aromatic rings. The molecule has 0 spiro atoms. The van der Waals surface area contributed by atoms with Gasteiger partial charge in [-0.1, -0.05) is 32.9 Å². The number of carboxylic acids is 1. The summed E-state index contributed by atoms with van der Waals surface area (Å²) < 4.78 is 0. The lowest BCUT2D eigenvalue weighted by Crippen LogP contribution is -2.26. The topological polar surface area (TPSA) is 40.5 Å². The zero-order valence-corrected chi connectivity index (χ0v) is 11.7. The molecule has 3 nitrogen and oxygen atoms in total. The van der Waals surface area contributed by atoms with Gasteiger partial charge in [0.05, 0.1) is 0 Å². The van der Waals surface area contributed by atoms with Crippen LogP contribution in [0.4, 0.5) is 0 Å². The normalized spacial score (nSPS) is 20.4. The third kappa shape index (κ3) is 4.21. The number of aliphatic carboxylic acids is 1. The molecule has 0 bridgehead atoms. The third-order valence-electron chi connectivity index (χ3n) is 3.67. The Morgan fingerprint density at radius 1 is 1.33 bits per heavy atom. The average Bonchev–Trinajstić information content (AvgIpc) is 2.85. The molecule has 0 unspecified atom stereocenters. The fourth-order valence-electron chi connectivity index (χ4n) is 2.40. The first-order chi connectivity index (χ1) is 8.56. The molecule has 0 aromatic heterocycles. The van der Waals surface area contributed by atoms with Crippen molar-refractivity contribution in [3.05, 3.63) is 23.9 Å². The maximum atomic E-state index is 11.0. The van der Waals surface area contributed by atoms with E-state index in [1.165, 1.54) is 18.9 Å². The number of nitrogens with zero attached hydrogens (tertiary/aromatic N) is 1. The molecule has 0 saturated carbocycles. The van der Waals surface area contributed by atoms with Crippen LogP contribution in [0, 0.1) is 11.8 Å². The number of allylic oxidation sites excluding steroid dienone is 3. The molecule has 0 radical (unpaired) electrons. The zero-order chi connectivity index (χ0) is 13.5. The van der Waals surface area contributed by atoms with E-state index >= 15 is 0 Å².